The Hall–Kier alpha value is 0.420. The zero-order valence-corrected chi connectivity index (χ0v) is 11.9. The molecule has 1 rings (SSSR count). The van der Waals surface area contributed by atoms with Crippen LogP contribution in [0.1, 0.15) is 0 Å². The van der Waals surface area contributed by atoms with Crippen molar-refractivity contribution in [3.05, 3.63) is 0 Å². The van der Waals surface area contributed by atoms with Gasteiger partial charge in [-0.1, -0.05) is 0 Å². The molecule has 0 radical (unpaired) electrons. The van der Waals surface area contributed by atoms with E-state index in [4.69, 9.17) is 23.2 Å². The number of halogens is 2. The third-order valence-corrected chi connectivity index (χ3v) is 4.10. The van der Waals surface area contributed by atoms with Gasteiger partial charge in [0.15, 0.2) is 0 Å². The minimum atomic E-state index is -0.443. The highest BCUT2D eigenvalue weighted by Crippen LogP contribution is 2.12. The van der Waals surface area contributed by atoms with Crippen molar-refractivity contribution in [2.45, 2.75) is 12.2 Å². The van der Waals surface area contributed by atoms with E-state index in [0.29, 0.717) is 19.0 Å². The number of likely N-dealkylation sites (N-methyl/N-ethyl adjacent to an activating group) is 1. The Morgan fingerprint density at radius 2 is 1.65 bits per heavy atom. The van der Waals surface area contributed by atoms with Gasteiger partial charge in [0.2, 0.25) is 0 Å². The summed E-state index contributed by atoms with van der Waals surface area (Å²) >= 11 is 11.2. The lowest BCUT2D eigenvalue weighted by Crippen LogP contribution is -2.60. The van der Waals surface area contributed by atoms with Gasteiger partial charge in [0.1, 0.15) is 12.6 Å². The maximum atomic E-state index is 9.61. The van der Waals surface area contributed by atoms with Crippen molar-refractivity contribution < 1.29 is 14.7 Å². The monoisotopic (exact) mass is 285 g/mol. The third kappa shape index (κ3) is 5.28. The predicted octanol–water partition coefficient (Wildman–Crippen LogP) is -0.0520. The van der Waals surface area contributed by atoms with Gasteiger partial charge >= 0.3 is 0 Å². The molecule has 0 aromatic heterocycles. The molecule has 17 heavy (non-hydrogen) atoms. The number of rotatable bonds is 6. The molecule has 2 N–H and O–H groups in total. The summed E-state index contributed by atoms with van der Waals surface area (Å²) in [6, 6.07) is 0. The standard InChI is InChI=1S/C11H23Cl2N2O2/c1-15(9-11(17)7-13)4-2-14(3-5-15)8-10(16)6-12/h10-11,16-17H,2-9H2,1H3/q+1. The lowest BCUT2D eigenvalue weighted by atomic mass is 10.2. The summed E-state index contributed by atoms with van der Waals surface area (Å²) < 4.78 is 0.849. The highest BCUT2D eigenvalue weighted by Gasteiger charge is 2.31. The molecule has 1 aliphatic rings. The largest absolute Gasteiger partial charge is 0.391 e. The van der Waals surface area contributed by atoms with Crippen molar-refractivity contribution in [2.24, 2.45) is 0 Å². The van der Waals surface area contributed by atoms with E-state index in [-0.39, 0.29) is 5.88 Å². The van der Waals surface area contributed by atoms with Gasteiger partial charge < -0.3 is 14.7 Å². The minimum absolute atomic E-state index is 0.285. The molecule has 2 atom stereocenters. The molecule has 0 amide bonds. The summed E-state index contributed by atoms with van der Waals surface area (Å²) in [4.78, 5) is 2.22. The van der Waals surface area contributed by atoms with E-state index in [0.717, 1.165) is 30.7 Å². The number of aliphatic hydroxyl groups excluding tert-OH is 2. The normalized spacial score (nSPS) is 24.5. The molecule has 6 heteroatoms. The van der Waals surface area contributed by atoms with Gasteiger partial charge in [-0.2, -0.15) is 0 Å². The van der Waals surface area contributed by atoms with Crippen LogP contribution < -0.4 is 0 Å². The molecule has 1 saturated heterocycles. The van der Waals surface area contributed by atoms with E-state index < -0.39 is 12.2 Å². The van der Waals surface area contributed by atoms with E-state index in [2.05, 4.69) is 11.9 Å². The number of alkyl halides is 2. The molecule has 0 spiro atoms. The molecule has 1 aliphatic heterocycles. The Labute approximate surface area is 113 Å². The van der Waals surface area contributed by atoms with Crippen LogP contribution in [0.2, 0.25) is 0 Å². The number of piperazine rings is 1. The third-order valence-electron chi connectivity index (χ3n) is 3.39. The number of nitrogens with zero attached hydrogens (tertiary/aromatic N) is 2. The summed E-state index contributed by atoms with van der Waals surface area (Å²) in [6.07, 6.45) is -0.872. The van der Waals surface area contributed by atoms with Crippen LogP contribution in [0.5, 0.6) is 0 Å². The summed E-state index contributed by atoms with van der Waals surface area (Å²) in [5.41, 5.74) is 0. The average Bonchev–Trinajstić information content (AvgIpc) is 2.32. The number of aliphatic hydroxyl groups is 2. The van der Waals surface area contributed by atoms with Gasteiger partial charge in [-0.15, -0.1) is 23.2 Å². The fraction of sp³-hybridized carbons (Fsp3) is 1.00. The van der Waals surface area contributed by atoms with E-state index in [1.54, 1.807) is 0 Å². The maximum Gasteiger partial charge on any atom is 0.116 e. The summed E-state index contributed by atoms with van der Waals surface area (Å²) in [6.45, 7) is 5.15. The van der Waals surface area contributed by atoms with Gasteiger partial charge in [0.05, 0.1) is 32.1 Å². The zero-order chi connectivity index (χ0) is 12.9. The fourth-order valence-electron chi connectivity index (χ4n) is 2.26. The summed E-state index contributed by atoms with van der Waals surface area (Å²) in [7, 11) is 2.14. The quantitative estimate of drug-likeness (QED) is 0.531. The Morgan fingerprint density at radius 3 is 2.12 bits per heavy atom. The Kier molecular flexibility index (Phi) is 6.48. The fourth-order valence-corrected chi connectivity index (χ4v) is 2.45. The SMILES string of the molecule is C[N+]1(CC(O)CCl)CCN(CC(O)CCl)CC1. The Balaban J connectivity index is 2.33. The molecule has 1 fully saturated rings. The van der Waals surface area contributed by atoms with Crippen molar-refractivity contribution in [2.75, 3.05) is 58.1 Å². The van der Waals surface area contributed by atoms with Crippen molar-refractivity contribution in [1.29, 1.82) is 0 Å². The van der Waals surface area contributed by atoms with E-state index in [9.17, 15) is 10.2 Å². The lowest BCUT2D eigenvalue weighted by molar-refractivity contribution is -0.916. The highest BCUT2D eigenvalue weighted by molar-refractivity contribution is 6.18. The van der Waals surface area contributed by atoms with Crippen molar-refractivity contribution in [1.82, 2.24) is 4.90 Å². The van der Waals surface area contributed by atoms with E-state index in [1.807, 2.05) is 0 Å². The van der Waals surface area contributed by atoms with Gasteiger partial charge in [0.25, 0.3) is 0 Å². The van der Waals surface area contributed by atoms with Crippen LogP contribution >= 0.6 is 23.2 Å². The molecule has 0 aliphatic carbocycles. The molecule has 1 heterocycles. The van der Waals surface area contributed by atoms with Crippen LogP contribution in [0, 0.1) is 0 Å². The first-order chi connectivity index (χ1) is 7.99. The molecular formula is C11H23Cl2N2O2+. The molecule has 4 nitrogen and oxygen atoms in total. The first-order valence-corrected chi connectivity index (χ1v) is 7.10. The molecular weight excluding hydrogens is 263 g/mol. The van der Waals surface area contributed by atoms with Gasteiger partial charge in [-0.3, -0.25) is 4.90 Å². The van der Waals surface area contributed by atoms with Gasteiger partial charge in [-0.05, 0) is 0 Å². The topological polar surface area (TPSA) is 43.7 Å². The highest BCUT2D eigenvalue weighted by atomic mass is 35.5. The summed E-state index contributed by atoms with van der Waals surface area (Å²) in [5, 5.41) is 19.1. The van der Waals surface area contributed by atoms with Gasteiger partial charge in [0, 0.05) is 25.5 Å². The van der Waals surface area contributed by atoms with Crippen LogP contribution in [0.25, 0.3) is 0 Å². The predicted molar refractivity (Wildman–Crippen MR) is 70.7 cm³/mol. The zero-order valence-electron chi connectivity index (χ0n) is 10.4. The van der Waals surface area contributed by atoms with E-state index in [1.165, 1.54) is 0 Å². The van der Waals surface area contributed by atoms with Crippen LogP contribution in [-0.2, 0) is 0 Å². The molecule has 0 aromatic carbocycles. The van der Waals surface area contributed by atoms with Crippen LogP contribution in [0.4, 0.5) is 0 Å². The smallest absolute Gasteiger partial charge is 0.116 e. The first kappa shape index (κ1) is 15.5. The van der Waals surface area contributed by atoms with E-state index >= 15 is 0 Å². The maximum absolute atomic E-state index is 9.61. The second kappa shape index (κ2) is 7.12. The molecule has 0 bridgehead atoms. The molecule has 102 valence electrons. The van der Waals surface area contributed by atoms with Crippen molar-refractivity contribution >= 4 is 23.2 Å². The van der Waals surface area contributed by atoms with Crippen molar-refractivity contribution in [3.8, 4) is 0 Å². The number of hydrogen-bond acceptors (Lipinski definition) is 3. The average molecular weight is 286 g/mol. The first-order valence-electron chi connectivity index (χ1n) is 6.03. The number of hydrogen-bond donors (Lipinski definition) is 2. The number of β-amino-alcohol motifs (C(OH)–C–C–N with tert-alkyl or cyclic N) is 1. The minimum Gasteiger partial charge on any atom is -0.391 e. The van der Waals surface area contributed by atoms with Crippen LogP contribution in [0.15, 0.2) is 0 Å². The Bertz CT molecular complexity index is 224. The van der Waals surface area contributed by atoms with Crippen LogP contribution in [0.3, 0.4) is 0 Å². The van der Waals surface area contributed by atoms with Crippen LogP contribution in [-0.4, -0.2) is 89.9 Å². The van der Waals surface area contributed by atoms with Gasteiger partial charge in [-0.25, -0.2) is 0 Å². The Morgan fingerprint density at radius 1 is 1.12 bits per heavy atom. The molecule has 0 saturated carbocycles. The lowest BCUT2D eigenvalue weighted by Gasteiger charge is -2.43. The molecule has 2 unspecified atom stereocenters. The van der Waals surface area contributed by atoms with Crippen molar-refractivity contribution in [3.63, 3.8) is 0 Å². The summed E-state index contributed by atoms with van der Waals surface area (Å²) in [5.74, 6) is 0.579. The second-order valence-electron chi connectivity index (χ2n) is 5.17. The second-order valence-corrected chi connectivity index (χ2v) is 5.78. The molecule has 0 aromatic rings. The number of quaternary nitrogens is 1.